The normalized spacial score (nSPS) is 14.5. The summed E-state index contributed by atoms with van der Waals surface area (Å²) in [6, 6.07) is 4.73. The predicted octanol–water partition coefficient (Wildman–Crippen LogP) is 2.58. The number of benzene rings is 1. The number of nitro groups is 1. The summed E-state index contributed by atoms with van der Waals surface area (Å²) < 4.78 is 0. The number of carbonyl (C=O) groups excluding carboxylic acids is 1. The highest BCUT2D eigenvalue weighted by Crippen LogP contribution is 2.31. The van der Waals surface area contributed by atoms with E-state index in [0.29, 0.717) is 23.7 Å². The van der Waals surface area contributed by atoms with E-state index in [1.54, 1.807) is 12.1 Å². The van der Waals surface area contributed by atoms with Crippen LogP contribution in [0.1, 0.15) is 37.0 Å². The molecule has 0 aliphatic carbocycles. The predicted molar refractivity (Wildman–Crippen MR) is 81.7 cm³/mol. The molecule has 1 N–H and O–H groups in total. The smallest absolute Gasteiger partial charge is 0.293 e. The Hall–Kier alpha value is -2.11. The Labute approximate surface area is 124 Å². The zero-order valence-corrected chi connectivity index (χ0v) is 12.5. The van der Waals surface area contributed by atoms with Gasteiger partial charge in [0.2, 0.25) is 0 Å². The van der Waals surface area contributed by atoms with Crippen molar-refractivity contribution in [1.29, 1.82) is 0 Å². The van der Waals surface area contributed by atoms with Crippen molar-refractivity contribution in [1.82, 2.24) is 5.32 Å². The van der Waals surface area contributed by atoms with Crippen LogP contribution >= 0.6 is 0 Å². The molecule has 0 bridgehead atoms. The first-order chi connectivity index (χ1) is 9.99. The molecule has 1 aliphatic rings. The second-order valence-electron chi connectivity index (χ2n) is 5.76. The van der Waals surface area contributed by atoms with Crippen LogP contribution in [0.15, 0.2) is 18.2 Å². The zero-order valence-electron chi connectivity index (χ0n) is 12.5. The second-order valence-corrected chi connectivity index (χ2v) is 5.76. The molecule has 1 fully saturated rings. The van der Waals surface area contributed by atoms with Gasteiger partial charge < -0.3 is 10.2 Å². The maximum atomic E-state index is 12.0. The third-order valence-corrected chi connectivity index (χ3v) is 3.55. The molecular formula is C15H21N3O3. The van der Waals surface area contributed by atoms with Gasteiger partial charge in [-0.3, -0.25) is 14.9 Å². The van der Waals surface area contributed by atoms with E-state index in [2.05, 4.69) is 5.32 Å². The van der Waals surface area contributed by atoms with Gasteiger partial charge in [-0.05, 0) is 30.9 Å². The van der Waals surface area contributed by atoms with Crippen LogP contribution in [0.2, 0.25) is 0 Å². The molecule has 2 rings (SSSR count). The molecular weight excluding hydrogens is 270 g/mol. The van der Waals surface area contributed by atoms with Crippen molar-refractivity contribution in [3.05, 3.63) is 33.9 Å². The second kappa shape index (κ2) is 6.56. The Morgan fingerprint density at radius 3 is 2.62 bits per heavy atom. The first-order valence-electron chi connectivity index (χ1n) is 7.30. The van der Waals surface area contributed by atoms with Gasteiger partial charge in [-0.2, -0.15) is 0 Å². The van der Waals surface area contributed by atoms with Gasteiger partial charge in [0, 0.05) is 31.3 Å². The Balaban J connectivity index is 2.23. The minimum absolute atomic E-state index is 0.00842. The Morgan fingerprint density at radius 1 is 1.38 bits per heavy atom. The maximum absolute atomic E-state index is 12.0. The summed E-state index contributed by atoms with van der Waals surface area (Å²) in [5.41, 5.74) is 0.956. The third kappa shape index (κ3) is 3.71. The molecule has 21 heavy (non-hydrogen) atoms. The lowest BCUT2D eigenvalue weighted by atomic mass is 10.1. The van der Waals surface area contributed by atoms with E-state index in [9.17, 15) is 14.9 Å². The topological polar surface area (TPSA) is 75.5 Å². The Kier molecular flexibility index (Phi) is 4.77. The van der Waals surface area contributed by atoms with Crippen molar-refractivity contribution in [3.8, 4) is 0 Å². The van der Waals surface area contributed by atoms with Crippen LogP contribution in [-0.4, -0.2) is 30.5 Å². The van der Waals surface area contributed by atoms with E-state index in [4.69, 9.17) is 0 Å². The van der Waals surface area contributed by atoms with E-state index in [1.165, 1.54) is 6.07 Å². The molecule has 1 aromatic rings. The molecule has 1 aliphatic heterocycles. The summed E-state index contributed by atoms with van der Waals surface area (Å²) in [7, 11) is 0. The van der Waals surface area contributed by atoms with Crippen LogP contribution in [0.5, 0.6) is 0 Å². The summed E-state index contributed by atoms with van der Waals surface area (Å²) in [4.78, 5) is 24.9. The molecule has 0 unspecified atom stereocenters. The standard InChI is InChI=1S/C15H21N3O3/c1-11(2)10-16-15(19)12-5-6-13(14(9-12)18(20)21)17-7-3-4-8-17/h5-6,9,11H,3-4,7-8,10H2,1-2H3,(H,16,19). The monoisotopic (exact) mass is 291 g/mol. The molecule has 114 valence electrons. The molecule has 0 radical (unpaired) electrons. The average molecular weight is 291 g/mol. The molecule has 0 spiro atoms. The molecule has 1 aromatic carbocycles. The van der Waals surface area contributed by atoms with Gasteiger partial charge in [0.15, 0.2) is 0 Å². The van der Waals surface area contributed by atoms with Crippen LogP contribution in [0.25, 0.3) is 0 Å². The van der Waals surface area contributed by atoms with Crippen molar-refractivity contribution in [2.45, 2.75) is 26.7 Å². The van der Waals surface area contributed by atoms with Crippen molar-refractivity contribution < 1.29 is 9.72 Å². The highest BCUT2D eigenvalue weighted by molar-refractivity contribution is 5.95. The highest BCUT2D eigenvalue weighted by atomic mass is 16.6. The van der Waals surface area contributed by atoms with E-state index >= 15 is 0 Å². The van der Waals surface area contributed by atoms with Crippen LogP contribution in [0, 0.1) is 16.0 Å². The van der Waals surface area contributed by atoms with Crippen LogP contribution < -0.4 is 10.2 Å². The SMILES string of the molecule is CC(C)CNC(=O)c1ccc(N2CCCC2)c([N+](=O)[O-])c1. The Morgan fingerprint density at radius 2 is 2.05 bits per heavy atom. The van der Waals surface area contributed by atoms with E-state index in [1.807, 2.05) is 18.7 Å². The number of nitrogens with zero attached hydrogens (tertiary/aromatic N) is 2. The molecule has 0 aromatic heterocycles. The molecule has 6 nitrogen and oxygen atoms in total. The number of nitro benzene ring substituents is 1. The summed E-state index contributed by atoms with van der Waals surface area (Å²) in [5.74, 6) is 0.0765. The van der Waals surface area contributed by atoms with E-state index < -0.39 is 4.92 Å². The summed E-state index contributed by atoms with van der Waals surface area (Å²) in [6.45, 7) is 6.22. The highest BCUT2D eigenvalue weighted by Gasteiger charge is 2.23. The molecule has 1 amide bonds. The van der Waals surface area contributed by atoms with Crippen molar-refractivity contribution >= 4 is 17.3 Å². The molecule has 1 saturated heterocycles. The zero-order chi connectivity index (χ0) is 15.4. The van der Waals surface area contributed by atoms with Crippen molar-refractivity contribution in [3.63, 3.8) is 0 Å². The van der Waals surface area contributed by atoms with Gasteiger partial charge >= 0.3 is 0 Å². The number of rotatable bonds is 5. The maximum Gasteiger partial charge on any atom is 0.293 e. The van der Waals surface area contributed by atoms with Gasteiger partial charge in [0.1, 0.15) is 5.69 Å². The van der Waals surface area contributed by atoms with Gasteiger partial charge in [0.25, 0.3) is 11.6 Å². The van der Waals surface area contributed by atoms with Crippen molar-refractivity contribution in [2.75, 3.05) is 24.5 Å². The lowest BCUT2D eigenvalue weighted by molar-refractivity contribution is -0.384. The molecule has 6 heteroatoms. The number of anilines is 1. The fraction of sp³-hybridized carbons (Fsp3) is 0.533. The summed E-state index contributed by atoms with van der Waals surface area (Å²) in [5, 5.41) is 14.0. The number of nitrogens with one attached hydrogen (secondary N) is 1. The van der Waals surface area contributed by atoms with Gasteiger partial charge in [0.05, 0.1) is 4.92 Å². The Bertz CT molecular complexity index is 537. The van der Waals surface area contributed by atoms with Crippen molar-refractivity contribution in [2.24, 2.45) is 5.92 Å². The van der Waals surface area contributed by atoms with Crippen LogP contribution in [-0.2, 0) is 0 Å². The third-order valence-electron chi connectivity index (χ3n) is 3.55. The largest absolute Gasteiger partial charge is 0.366 e. The average Bonchev–Trinajstić information content (AvgIpc) is 2.98. The minimum atomic E-state index is -0.410. The fourth-order valence-corrected chi connectivity index (χ4v) is 2.44. The van der Waals surface area contributed by atoms with Gasteiger partial charge in [-0.25, -0.2) is 0 Å². The van der Waals surface area contributed by atoms with E-state index in [-0.39, 0.29) is 11.6 Å². The van der Waals surface area contributed by atoms with Crippen LogP contribution in [0.3, 0.4) is 0 Å². The number of hydrogen-bond acceptors (Lipinski definition) is 4. The van der Waals surface area contributed by atoms with Crippen LogP contribution in [0.4, 0.5) is 11.4 Å². The summed E-state index contributed by atoms with van der Waals surface area (Å²) >= 11 is 0. The van der Waals surface area contributed by atoms with Gasteiger partial charge in [-0.15, -0.1) is 0 Å². The lowest BCUT2D eigenvalue weighted by Crippen LogP contribution is -2.27. The molecule has 1 heterocycles. The minimum Gasteiger partial charge on any atom is -0.366 e. The molecule has 0 atom stereocenters. The quantitative estimate of drug-likeness (QED) is 0.668. The number of hydrogen-bond donors (Lipinski definition) is 1. The van der Waals surface area contributed by atoms with E-state index in [0.717, 1.165) is 25.9 Å². The number of carbonyl (C=O) groups is 1. The summed E-state index contributed by atoms with van der Waals surface area (Å²) in [6.07, 6.45) is 2.10. The molecule has 0 saturated carbocycles. The van der Waals surface area contributed by atoms with Gasteiger partial charge in [-0.1, -0.05) is 13.8 Å². The number of amides is 1. The first kappa shape index (κ1) is 15.3. The fourth-order valence-electron chi connectivity index (χ4n) is 2.44. The lowest BCUT2D eigenvalue weighted by Gasteiger charge is -2.18. The first-order valence-corrected chi connectivity index (χ1v) is 7.30.